The molecule has 0 aliphatic carbocycles. The van der Waals surface area contributed by atoms with E-state index in [-0.39, 0.29) is 11.5 Å². The van der Waals surface area contributed by atoms with Crippen LogP contribution < -0.4 is 10.9 Å². The molecule has 0 bridgehead atoms. The Morgan fingerprint density at radius 1 is 1.00 bits per heavy atom. The molecule has 150 valence electrons. The van der Waals surface area contributed by atoms with Gasteiger partial charge in [0.2, 0.25) is 5.91 Å². The van der Waals surface area contributed by atoms with Crippen molar-refractivity contribution < 1.29 is 4.79 Å². The number of carbonyl (C=O) groups excluding carboxylic acids is 1. The van der Waals surface area contributed by atoms with E-state index in [1.807, 2.05) is 85.8 Å². The molecule has 1 heterocycles. The summed E-state index contributed by atoms with van der Waals surface area (Å²) in [5.41, 5.74) is 3.07. The van der Waals surface area contributed by atoms with Crippen molar-refractivity contribution in [3.63, 3.8) is 0 Å². The van der Waals surface area contributed by atoms with Crippen molar-refractivity contribution in [1.82, 2.24) is 9.55 Å². The molecular formula is C24H21N3O2S. The third kappa shape index (κ3) is 4.14. The van der Waals surface area contributed by atoms with Crippen LogP contribution in [0.2, 0.25) is 0 Å². The fourth-order valence-corrected chi connectivity index (χ4v) is 4.27. The first kappa shape index (κ1) is 19.9. The molecule has 30 heavy (non-hydrogen) atoms. The lowest BCUT2D eigenvalue weighted by Gasteiger charge is -2.18. The number of aromatic nitrogens is 2. The van der Waals surface area contributed by atoms with Gasteiger partial charge in [-0.3, -0.25) is 14.2 Å². The first-order chi connectivity index (χ1) is 14.5. The minimum absolute atomic E-state index is 0.124. The largest absolute Gasteiger partial charge is 0.325 e. The third-order valence-corrected chi connectivity index (χ3v) is 6.09. The second-order valence-corrected chi connectivity index (χ2v) is 8.12. The van der Waals surface area contributed by atoms with Crippen LogP contribution in [0.25, 0.3) is 10.9 Å². The molecule has 1 aromatic heterocycles. The van der Waals surface area contributed by atoms with Crippen LogP contribution in [0.5, 0.6) is 0 Å². The number of benzene rings is 3. The first-order valence-electron chi connectivity index (χ1n) is 9.58. The van der Waals surface area contributed by atoms with Gasteiger partial charge in [0.05, 0.1) is 10.9 Å². The van der Waals surface area contributed by atoms with E-state index in [4.69, 9.17) is 0 Å². The second-order valence-electron chi connectivity index (χ2n) is 7.04. The number of aryl methyl sites for hydroxylation is 1. The Kier molecular flexibility index (Phi) is 5.68. The van der Waals surface area contributed by atoms with E-state index >= 15 is 0 Å². The van der Waals surface area contributed by atoms with Gasteiger partial charge in [0.15, 0.2) is 5.16 Å². The van der Waals surface area contributed by atoms with E-state index in [9.17, 15) is 9.59 Å². The number of fused-ring (bicyclic) bond motifs is 1. The lowest BCUT2D eigenvalue weighted by Crippen LogP contribution is -2.23. The topological polar surface area (TPSA) is 64.0 Å². The number of thioether (sulfide) groups is 1. The summed E-state index contributed by atoms with van der Waals surface area (Å²) < 4.78 is 1.51. The maximum absolute atomic E-state index is 13.2. The van der Waals surface area contributed by atoms with Crippen molar-refractivity contribution in [3.8, 4) is 0 Å². The van der Waals surface area contributed by atoms with Crippen molar-refractivity contribution in [1.29, 1.82) is 0 Å². The molecule has 0 fully saturated rings. The van der Waals surface area contributed by atoms with Crippen LogP contribution in [-0.4, -0.2) is 15.5 Å². The number of amides is 1. The fraction of sp³-hybridized carbons (Fsp3) is 0.125. The predicted octanol–water partition coefficient (Wildman–Crippen LogP) is 4.71. The molecule has 1 N–H and O–H groups in total. The van der Waals surface area contributed by atoms with Crippen molar-refractivity contribution in [2.75, 3.05) is 5.32 Å². The lowest BCUT2D eigenvalue weighted by molar-refractivity contribution is -0.115. The number of anilines is 1. The van der Waals surface area contributed by atoms with Crippen LogP contribution in [0.15, 0.2) is 88.8 Å². The molecule has 4 rings (SSSR count). The maximum atomic E-state index is 13.2. The van der Waals surface area contributed by atoms with E-state index in [0.717, 1.165) is 16.8 Å². The van der Waals surface area contributed by atoms with Gasteiger partial charge in [0.1, 0.15) is 5.25 Å². The zero-order valence-electron chi connectivity index (χ0n) is 16.7. The summed E-state index contributed by atoms with van der Waals surface area (Å²) in [5, 5.41) is 3.47. The third-order valence-electron chi connectivity index (χ3n) is 4.80. The zero-order chi connectivity index (χ0) is 21.1. The van der Waals surface area contributed by atoms with Gasteiger partial charge in [-0.25, -0.2) is 4.98 Å². The molecule has 0 aliphatic heterocycles. The van der Waals surface area contributed by atoms with E-state index in [1.54, 1.807) is 7.05 Å². The van der Waals surface area contributed by atoms with E-state index in [1.165, 1.54) is 16.3 Å². The van der Waals surface area contributed by atoms with Gasteiger partial charge in [0, 0.05) is 12.7 Å². The Morgan fingerprint density at radius 3 is 2.37 bits per heavy atom. The molecule has 5 nitrogen and oxygen atoms in total. The van der Waals surface area contributed by atoms with Crippen molar-refractivity contribution in [2.24, 2.45) is 7.05 Å². The Bertz CT molecular complexity index is 1250. The molecule has 1 atom stereocenters. The number of rotatable bonds is 5. The fourth-order valence-electron chi connectivity index (χ4n) is 3.21. The average molecular weight is 416 g/mol. The summed E-state index contributed by atoms with van der Waals surface area (Å²) in [6.07, 6.45) is 0. The molecule has 0 saturated heterocycles. The highest BCUT2D eigenvalue weighted by Crippen LogP contribution is 2.35. The Labute approximate surface area is 178 Å². The number of hydrogen-bond donors (Lipinski definition) is 1. The molecule has 0 radical (unpaired) electrons. The summed E-state index contributed by atoms with van der Waals surface area (Å²) in [6, 6.07) is 24.5. The van der Waals surface area contributed by atoms with Gasteiger partial charge in [-0.15, -0.1) is 0 Å². The summed E-state index contributed by atoms with van der Waals surface area (Å²) in [4.78, 5) is 30.7. The number of para-hydroxylation sites is 1. The number of nitrogens with zero attached hydrogens (tertiary/aromatic N) is 2. The number of carbonyl (C=O) groups is 1. The Hall–Kier alpha value is -3.38. The highest BCUT2D eigenvalue weighted by Gasteiger charge is 2.24. The van der Waals surface area contributed by atoms with E-state index < -0.39 is 5.25 Å². The zero-order valence-corrected chi connectivity index (χ0v) is 17.5. The van der Waals surface area contributed by atoms with E-state index in [2.05, 4.69) is 10.3 Å². The molecule has 1 unspecified atom stereocenters. The molecule has 3 aromatic carbocycles. The van der Waals surface area contributed by atoms with Crippen LogP contribution in [0, 0.1) is 6.92 Å². The van der Waals surface area contributed by atoms with Crippen LogP contribution >= 0.6 is 11.8 Å². The van der Waals surface area contributed by atoms with Crippen LogP contribution in [-0.2, 0) is 11.8 Å². The van der Waals surface area contributed by atoms with Gasteiger partial charge >= 0.3 is 0 Å². The molecule has 0 spiro atoms. The van der Waals surface area contributed by atoms with E-state index in [0.29, 0.717) is 16.1 Å². The Balaban J connectivity index is 1.74. The van der Waals surface area contributed by atoms with Crippen LogP contribution in [0.4, 0.5) is 5.69 Å². The number of nitrogens with one attached hydrogen (secondary N) is 1. The van der Waals surface area contributed by atoms with Crippen molar-refractivity contribution in [3.05, 3.63) is 100 Å². The molecule has 4 aromatic rings. The summed E-state index contributed by atoms with van der Waals surface area (Å²) in [6.45, 7) is 1.95. The first-order valence-corrected chi connectivity index (χ1v) is 10.5. The van der Waals surface area contributed by atoms with Gasteiger partial charge in [0.25, 0.3) is 5.56 Å². The van der Waals surface area contributed by atoms with Gasteiger partial charge in [-0.1, -0.05) is 71.9 Å². The molecule has 0 aliphatic rings. The monoisotopic (exact) mass is 415 g/mol. The average Bonchev–Trinajstić information content (AvgIpc) is 2.77. The lowest BCUT2D eigenvalue weighted by atomic mass is 10.1. The SMILES string of the molecule is Cc1ccc2nc(SC(C(=O)Nc3ccccc3)c3ccccc3)n(C)c(=O)c2c1. The smallest absolute Gasteiger partial charge is 0.261 e. The predicted molar refractivity (Wildman–Crippen MR) is 122 cm³/mol. The maximum Gasteiger partial charge on any atom is 0.261 e. The highest BCUT2D eigenvalue weighted by atomic mass is 32.2. The molecule has 1 amide bonds. The molecular weight excluding hydrogens is 394 g/mol. The Morgan fingerprint density at radius 2 is 1.67 bits per heavy atom. The second kappa shape index (κ2) is 8.55. The standard InChI is InChI=1S/C24H21N3O2S/c1-16-13-14-20-19(15-16)23(29)27(2)24(26-20)30-21(17-9-5-3-6-10-17)22(28)25-18-11-7-4-8-12-18/h3-15,21H,1-2H3,(H,25,28). The number of hydrogen-bond acceptors (Lipinski definition) is 4. The van der Waals surface area contributed by atoms with Crippen LogP contribution in [0.1, 0.15) is 16.4 Å². The van der Waals surface area contributed by atoms with Gasteiger partial charge < -0.3 is 5.32 Å². The summed E-state index contributed by atoms with van der Waals surface area (Å²) in [7, 11) is 1.69. The molecule has 6 heteroatoms. The normalized spacial score (nSPS) is 11.9. The van der Waals surface area contributed by atoms with Crippen LogP contribution in [0.3, 0.4) is 0 Å². The highest BCUT2D eigenvalue weighted by molar-refractivity contribution is 8.00. The minimum atomic E-state index is -0.563. The summed E-state index contributed by atoms with van der Waals surface area (Å²) in [5.74, 6) is -0.171. The van der Waals surface area contributed by atoms with Crippen molar-refractivity contribution in [2.45, 2.75) is 17.3 Å². The summed E-state index contributed by atoms with van der Waals surface area (Å²) >= 11 is 1.27. The van der Waals surface area contributed by atoms with Gasteiger partial charge in [-0.05, 0) is 36.8 Å². The minimum Gasteiger partial charge on any atom is -0.325 e. The van der Waals surface area contributed by atoms with Crippen molar-refractivity contribution >= 4 is 34.3 Å². The molecule has 0 saturated carbocycles. The van der Waals surface area contributed by atoms with Gasteiger partial charge in [-0.2, -0.15) is 0 Å². The quantitative estimate of drug-likeness (QED) is 0.379.